The van der Waals surface area contributed by atoms with Crippen molar-refractivity contribution in [3.05, 3.63) is 28.2 Å². The molecule has 0 bridgehead atoms. The molecular formula is C14H12BrF2NO2. The Kier molecular flexibility index (Phi) is 3.16. The van der Waals surface area contributed by atoms with E-state index >= 15 is 0 Å². The van der Waals surface area contributed by atoms with Gasteiger partial charge in [-0.05, 0) is 40.8 Å². The molecule has 3 rings (SSSR count). The van der Waals surface area contributed by atoms with Crippen molar-refractivity contribution in [1.29, 1.82) is 0 Å². The van der Waals surface area contributed by atoms with E-state index in [4.69, 9.17) is 0 Å². The van der Waals surface area contributed by atoms with Gasteiger partial charge in [-0.15, -0.1) is 0 Å². The molecule has 2 atom stereocenters. The van der Waals surface area contributed by atoms with E-state index in [0.717, 1.165) is 17.0 Å². The summed E-state index contributed by atoms with van der Waals surface area (Å²) >= 11 is 2.87. The first-order chi connectivity index (χ1) is 9.40. The van der Waals surface area contributed by atoms with Crippen LogP contribution in [0.1, 0.15) is 19.8 Å². The summed E-state index contributed by atoms with van der Waals surface area (Å²) in [5.41, 5.74) is -0.289. The largest absolute Gasteiger partial charge is 0.274 e. The smallest absolute Gasteiger partial charge is 0.237 e. The number of hydrogen-bond acceptors (Lipinski definition) is 2. The molecular weight excluding hydrogens is 332 g/mol. The Labute approximate surface area is 123 Å². The second-order valence-corrected chi connectivity index (χ2v) is 6.37. The number of hydrogen-bond donors (Lipinski definition) is 0. The zero-order valence-corrected chi connectivity index (χ0v) is 12.3. The Hall–Kier alpha value is -1.30. The molecule has 2 fully saturated rings. The summed E-state index contributed by atoms with van der Waals surface area (Å²) in [6, 6.07) is 1.82. The van der Waals surface area contributed by atoms with E-state index in [1.54, 1.807) is 0 Å². The SMILES string of the molecule is CC1CC2C(=O)N(c3cc(F)c(Br)cc3F)C(=O)C2C1. The van der Waals surface area contributed by atoms with Gasteiger partial charge in [0.1, 0.15) is 11.6 Å². The number of nitrogens with zero attached hydrogens (tertiary/aromatic N) is 1. The van der Waals surface area contributed by atoms with Crippen LogP contribution in [0.25, 0.3) is 0 Å². The summed E-state index contributed by atoms with van der Waals surface area (Å²) in [4.78, 5) is 25.4. The number of benzene rings is 1. The van der Waals surface area contributed by atoms with Crippen LogP contribution < -0.4 is 4.90 Å². The number of amides is 2. The van der Waals surface area contributed by atoms with E-state index in [-0.39, 0.29) is 22.0 Å². The second-order valence-electron chi connectivity index (χ2n) is 5.52. The van der Waals surface area contributed by atoms with Gasteiger partial charge in [-0.2, -0.15) is 0 Å². The molecule has 20 heavy (non-hydrogen) atoms. The normalized spacial score (nSPS) is 29.2. The lowest BCUT2D eigenvalue weighted by molar-refractivity contribution is -0.123. The molecule has 0 spiro atoms. The lowest BCUT2D eigenvalue weighted by Gasteiger charge is -2.18. The van der Waals surface area contributed by atoms with Gasteiger partial charge in [-0.3, -0.25) is 9.59 Å². The average molecular weight is 344 g/mol. The third-order valence-corrected chi connectivity index (χ3v) is 4.71. The monoisotopic (exact) mass is 343 g/mol. The Bertz CT molecular complexity index is 595. The van der Waals surface area contributed by atoms with Crippen molar-refractivity contribution in [2.24, 2.45) is 17.8 Å². The highest BCUT2D eigenvalue weighted by Crippen LogP contribution is 2.45. The molecule has 1 saturated heterocycles. The number of carbonyl (C=O) groups excluding carboxylic acids is 2. The number of rotatable bonds is 1. The molecule has 1 aliphatic heterocycles. The van der Waals surface area contributed by atoms with Crippen molar-refractivity contribution >= 4 is 33.4 Å². The average Bonchev–Trinajstić information content (AvgIpc) is 2.85. The molecule has 1 saturated carbocycles. The summed E-state index contributed by atoms with van der Waals surface area (Å²) < 4.78 is 27.5. The van der Waals surface area contributed by atoms with Gasteiger partial charge in [0.25, 0.3) is 0 Å². The molecule has 3 nitrogen and oxygen atoms in total. The number of halogens is 3. The van der Waals surface area contributed by atoms with E-state index in [1.165, 1.54) is 0 Å². The highest BCUT2D eigenvalue weighted by molar-refractivity contribution is 9.10. The first-order valence-corrected chi connectivity index (χ1v) is 7.21. The molecule has 2 amide bonds. The minimum Gasteiger partial charge on any atom is -0.274 e. The maximum absolute atomic E-state index is 13.9. The standard InChI is InChI=1S/C14H12BrF2NO2/c1-6-2-7-8(3-6)14(20)18(13(7)19)12-5-10(16)9(15)4-11(12)17/h4-8H,2-3H2,1H3. The number of carbonyl (C=O) groups is 2. The lowest BCUT2D eigenvalue weighted by atomic mass is 10.00. The molecule has 1 aromatic rings. The maximum atomic E-state index is 13.9. The Balaban J connectivity index is 2.02. The fraction of sp³-hybridized carbons (Fsp3) is 0.429. The third-order valence-electron chi connectivity index (χ3n) is 4.10. The van der Waals surface area contributed by atoms with Gasteiger partial charge in [0.2, 0.25) is 11.8 Å². The number of imide groups is 1. The van der Waals surface area contributed by atoms with Crippen LogP contribution in [0.3, 0.4) is 0 Å². The van der Waals surface area contributed by atoms with Gasteiger partial charge in [-0.25, -0.2) is 13.7 Å². The number of anilines is 1. The Morgan fingerprint density at radius 2 is 1.65 bits per heavy atom. The minimum atomic E-state index is -0.784. The van der Waals surface area contributed by atoms with Gasteiger partial charge in [0, 0.05) is 6.07 Å². The van der Waals surface area contributed by atoms with Crippen LogP contribution in [-0.4, -0.2) is 11.8 Å². The van der Waals surface area contributed by atoms with E-state index < -0.39 is 23.4 Å². The zero-order valence-electron chi connectivity index (χ0n) is 10.7. The quantitative estimate of drug-likeness (QED) is 0.579. The molecule has 2 unspecified atom stereocenters. The second kappa shape index (κ2) is 4.62. The number of fused-ring (bicyclic) bond motifs is 1. The van der Waals surface area contributed by atoms with Crippen LogP contribution in [0.2, 0.25) is 0 Å². The van der Waals surface area contributed by atoms with Crippen LogP contribution in [0.15, 0.2) is 16.6 Å². The maximum Gasteiger partial charge on any atom is 0.237 e. The van der Waals surface area contributed by atoms with Crippen LogP contribution >= 0.6 is 15.9 Å². The van der Waals surface area contributed by atoms with Crippen molar-refractivity contribution in [2.45, 2.75) is 19.8 Å². The molecule has 106 valence electrons. The van der Waals surface area contributed by atoms with Gasteiger partial charge in [0.05, 0.1) is 22.0 Å². The lowest BCUT2D eigenvalue weighted by Crippen LogP contribution is -2.33. The fourth-order valence-corrected chi connectivity index (χ4v) is 3.51. The predicted octanol–water partition coefficient (Wildman–Crippen LogP) is 3.26. The third kappa shape index (κ3) is 1.89. The van der Waals surface area contributed by atoms with Crippen molar-refractivity contribution in [3.63, 3.8) is 0 Å². The molecule has 0 radical (unpaired) electrons. The fourth-order valence-electron chi connectivity index (χ4n) is 3.20. The molecule has 1 aliphatic carbocycles. The first kappa shape index (κ1) is 13.7. The molecule has 1 heterocycles. The van der Waals surface area contributed by atoms with Crippen LogP contribution in [-0.2, 0) is 9.59 Å². The van der Waals surface area contributed by atoms with Crippen LogP contribution in [0.4, 0.5) is 14.5 Å². The first-order valence-electron chi connectivity index (χ1n) is 6.42. The molecule has 0 N–H and O–H groups in total. The van der Waals surface area contributed by atoms with Crippen LogP contribution in [0.5, 0.6) is 0 Å². The zero-order chi connectivity index (χ0) is 14.6. The Morgan fingerprint density at radius 3 is 2.20 bits per heavy atom. The highest BCUT2D eigenvalue weighted by atomic mass is 79.9. The van der Waals surface area contributed by atoms with E-state index in [0.29, 0.717) is 18.8 Å². The van der Waals surface area contributed by atoms with E-state index in [2.05, 4.69) is 15.9 Å². The molecule has 1 aromatic carbocycles. The molecule has 0 aromatic heterocycles. The van der Waals surface area contributed by atoms with Crippen molar-refractivity contribution < 1.29 is 18.4 Å². The summed E-state index contributed by atoms with van der Waals surface area (Å²) in [5, 5.41) is 0. The van der Waals surface area contributed by atoms with Crippen molar-refractivity contribution in [1.82, 2.24) is 0 Å². The molecule has 6 heteroatoms. The highest BCUT2D eigenvalue weighted by Gasteiger charge is 2.52. The minimum absolute atomic E-state index is 0.0355. The summed E-state index contributed by atoms with van der Waals surface area (Å²) in [6.45, 7) is 1.99. The Morgan fingerprint density at radius 1 is 1.10 bits per heavy atom. The molecule has 2 aliphatic rings. The van der Waals surface area contributed by atoms with Crippen molar-refractivity contribution in [3.8, 4) is 0 Å². The van der Waals surface area contributed by atoms with Crippen LogP contribution in [0, 0.1) is 29.4 Å². The van der Waals surface area contributed by atoms with Crippen molar-refractivity contribution in [2.75, 3.05) is 4.90 Å². The van der Waals surface area contributed by atoms with Gasteiger partial charge in [0.15, 0.2) is 0 Å². The summed E-state index contributed by atoms with van der Waals surface area (Å²) in [6.07, 6.45) is 1.26. The predicted molar refractivity (Wildman–Crippen MR) is 71.9 cm³/mol. The van der Waals surface area contributed by atoms with Gasteiger partial charge < -0.3 is 0 Å². The van der Waals surface area contributed by atoms with Gasteiger partial charge >= 0.3 is 0 Å². The topological polar surface area (TPSA) is 37.4 Å². The van der Waals surface area contributed by atoms with E-state index in [9.17, 15) is 18.4 Å². The van der Waals surface area contributed by atoms with E-state index in [1.807, 2.05) is 6.92 Å². The van der Waals surface area contributed by atoms with Gasteiger partial charge in [-0.1, -0.05) is 6.92 Å². The summed E-state index contributed by atoms with van der Waals surface area (Å²) in [7, 11) is 0. The summed E-state index contributed by atoms with van der Waals surface area (Å²) in [5.74, 6) is -2.77.